The lowest BCUT2D eigenvalue weighted by Gasteiger charge is -2.17. The molecule has 0 unspecified atom stereocenters. The van der Waals surface area contributed by atoms with E-state index in [9.17, 15) is 13.2 Å². The summed E-state index contributed by atoms with van der Waals surface area (Å²) in [5.41, 5.74) is 5.04. The molecule has 1 heterocycles. The van der Waals surface area contributed by atoms with Crippen LogP contribution in [-0.4, -0.2) is 35.3 Å². The Morgan fingerprint density at radius 2 is 1.95 bits per heavy atom. The first-order valence-electron chi connectivity index (χ1n) is 6.06. The molecular formula is C12H18F3N3S. The molecule has 0 aliphatic rings. The van der Waals surface area contributed by atoms with Gasteiger partial charge >= 0.3 is 6.18 Å². The molecule has 0 bridgehead atoms. The third kappa shape index (κ3) is 4.91. The van der Waals surface area contributed by atoms with Gasteiger partial charge in [-0.25, -0.2) is 4.98 Å². The topological polar surface area (TPSA) is 42.2 Å². The van der Waals surface area contributed by atoms with E-state index in [4.69, 9.17) is 5.73 Å². The quantitative estimate of drug-likeness (QED) is 0.818. The van der Waals surface area contributed by atoms with Gasteiger partial charge in [0.05, 0.1) is 11.9 Å². The van der Waals surface area contributed by atoms with Gasteiger partial charge in [-0.1, -0.05) is 13.8 Å². The van der Waals surface area contributed by atoms with Gasteiger partial charge in [0.2, 0.25) is 0 Å². The number of aromatic nitrogens is 1. The minimum atomic E-state index is -4.43. The molecule has 108 valence electrons. The van der Waals surface area contributed by atoms with Crippen LogP contribution in [0.3, 0.4) is 0 Å². The number of hydrogen-bond donors (Lipinski definition) is 1. The van der Waals surface area contributed by atoms with Crippen LogP contribution in [0, 0.1) is 0 Å². The smallest absolute Gasteiger partial charge is 0.397 e. The van der Waals surface area contributed by atoms with Crippen molar-refractivity contribution in [3.05, 3.63) is 18.0 Å². The Morgan fingerprint density at radius 3 is 2.47 bits per heavy atom. The summed E-state index contributed by atoms with van der Waals surface area (Å²) >= 11 is 1.33. The molecule has 2 N–H and O–H groups in total. The Morgan fingerprint density at radius 1 is 1.32 bits per heavy atom. The maximum absolute atomic E-state index is 12.5. The van der Waals surface area contributed by atoms with Crippen LogP contribution in [0.25, 0.3) is 0 Å². The van der Waals surface area contributed by atoms with Crippen LogP contribution >= 0.6 is 11.8 Å². The highest BCUT2D eigenvalue weighted by atomic mass is 32.2. The molecule has 0 radical (unpaired) electrons. The number of anilines is 1. The lowest BCUT2D eigenvalue weighted by molar-refractivity contribution is -0.141. The molecule has 0 fully saturated rings. The van der Waals surface area contributed by atoms with Crippen LogP contribution in [0.4, 0.5) is 18.9 Å². The highest BCUT2D eigenvalue weighted by Crippen LogP contribution is 2.32. The molecule has 0 amide bonds. The molecule has 0 aliphatic carbocycles. The molecular weight excluding hydrogens is 275 g/mol. The number of hydrogen-bond acceptors (Lipinski definition) is 4. The summed E-state index contributed by atoms with van der Waals surface area (Å²) < 4.78 is 37.6. The minimum Gasteiger partial charge on any atom is -0.397 e. The molecule has 0 atom stereocenters. The van der Waals surface area contributed by atoms with E-state index in [1.54, 1.807) is 0 Å². The zero-order valence-corrected chi connectivity index (χ0v) is 11.8. The normalized spacial score (nSPS) is 12.1. The fourth-order valence-corrected chi connectivity index (χ4v) is 2.54. The van der Waals surface area contributed by atoms with E-state index in [1.807, 2.05) is 0 Å². The van der Waals surface area contributed by atoms with E-state index < -0.39 is 11.9 Å². The van der Waals surface area contributed by atoms with Gasteiger partial charge in [0.15, 0.2) is 0 Å². The van der Waals surface area contributed by atoms with Gasteiger partial charge in [-0.2, -0.15) is 13.2 Å². The van der Waals surface area contributed by atoms with Crippen molar-refractivity contribution in [2.24, 2.45) is 0 Å². The number of rotatable bonds is 6. The summed E-state index contributed by atoms with van der Waals surface area (Å²) in [6.45, 7) is 6.78. The van der Waals surface area contributed by atoms with E-state index in [0.29, 0.717) is 10.6 Å². The summed E-state index contributed by atoms with van der Waals surface area (Å²) in [7, 11) is 0. The van der Waals surface area contributed by atoms with Crippen molar-refractivity contribution in [2.45, 2.75) is 24.9 Å². The van der Waals surface area contributed by atoms with Crippen molar-refractivity contribution >= 4 is 17.4 Å². The number of nitrogen functional groups attached to an aromatic ring is 1. The van der Waals surface area contributed by atoms with Gasteiger partial charge in [-0.3, -0.25) is 0 Å². The molecule has 1 aromatic rings. The van der Waals surface area contributed by atoms with E-state index >= 15 is 0 Å². The molecule has 19 heavy (non-hydrogen) atoms. The standard InChI is InChI=1S/C12H18F3N3S/c1-3-18(4-2)5-6-19-10-7-11(12(13,14)15)17-8-9(10)16/h7-8H,3-6,16H2,1-2H3. The fraction of sp³-hybridized carbons (Fsp3) is 0.583. The highest BCUT2D eigenvalue weighted by Gasteiger charge is 2.32. The number of thioether (sulfide) groups is 1. The molecule has 7 heteroatoms. The summed E-state index contributed by atoms with van der Waals surface area (Å²) in [6.07, 6.45) is -3.36. The Labute approximate surface area is 115 Å². The number of nitrogens with two attached hydrogens (primary N) is 1. The van der Waals surface area contributed by atoms with Crippen LogP contribution in [0.2, 0.25) is 0 Å². The minimum absolute atomic E-state index is 0.289. The second-order valence-corrected chi connectivity index (χ2v) is 5.12. The van der Waals surface area contributed by atoms with E-state index in [2.05, 4.69) is 23.7 Å². The molecule has 0 spiro atoms. The largest absolute Gasteiger partial charge is 0.433 e. The Kier molecular flexibility index (Phi) is 5.93. The summed E-state index contributed by atoms with van der Waals surface area (Å²) in [5, 5.41) is 0. The van der Waals surface area contributed by atoms with Crippen LogP contribution < -0.4 is 5.73 Å². The van der Waals surface area contributed by atoms with Gasteiger partial charge in [-0.05, 0) is 19.2 Å². The van der Waals surface area contributed by atoms with Gasteiger partial charge < -0.3 is 10.6 Å². The molecule has 0 aromatic carbocycles. The first kappa shape index (κ1) is 16.1. The van der Waals surface area contributed by atoms with E-state index in [0.717, 1.165) is 31.9 Å². The summed E-state index contributed by atoms with van der Waals surface area (Å²) in [4.78, 5) is 5.95. The summed E-state index contributed by atoms with van der Waals surface area (Å²) in [6, 6.07) is 1.02. The fourth-order valence-electron chi connectivity index (χ4n) is 1.55. The number of alkyl halides is 3. The SMILES string of the molecule is CCN(CC)CCSc1cc(C(F)(F)F)ncc1N. The number of nitrogens with zero attached hydrogens (tertiary/aromatic N) is 2. The van der Waals surface area contributed by atoms with Gasteiger partial charge in [-0.15, -0.1) is 11.8 Å². The van der Waals surface area contributed by atoms with Crippen molar-refractivity contribution in [1.82, 2.24) is 9.88 Å². The molecule has 0 saturated heterocycles. The van der Waals surface area contributed by atoms with Crippen LogP contribution in [0.1, 0.15) is 19.5 Å². The first-order valence-corrected chi connectivity index (χ1v) is 7.04. The lowest BCUT2D eigenvalue weighted by Crippen LogP contribution is -2.25. The number of pyridine rings is 1. The monoisotopic (exact) mass is 293 g/mol. The average molecular weight is 293 g/mol. The zero-order valence-electron chi connectivity index (χ0n) is 11.0. The maximum atomic E-state index is 12.5. The van der Waals surface area contributed by atoms with Crippen molar-refractivity contribution < 1.29 is 13.2 Å². The molecule has 0 saturated carbocycles. The van der Waals surface area contributed by atoms with E-state index in [-0.39, 0.29) is 5.69 Å². The predicted octanol–water partition coefficient (Wildman–Crippen LogP) is 3.12. The van der Waals surface area contributed by atoms with Crippen LogP contribution in [0.15, 0.2) is 17.2 Å². The maximum Gasteiger partial charge on any atom is 0.433 e. The first-order chi connectivity index (χ1) is 8.88. The highest BCUT2D eigenvalue weighted by molar-refractivity contribution is 7.99. The number of halogens is 3. The second kappa shape index (κ2) is 7.00. The Bertz CT molecular complexity index is 406. The molecule has 1 aromatic heterocycles. The van der Waals surface area contributed by atoms with Crippen molar-refractivity contribution in [3.63, 3.8) is 0 Å². The van der Waals surface area contributed by atoms with Gasteiger partial charge in [0.25, 0.3) is 0 Å². The predicted molar refractivity (Wildman–Crippen MR) is 72.2 cm³/mol. The third-order valence-corrected chi connectivity index (χ3v) is 3.80. The van der Waals surface area contributed by atoms with Crippen LogP contribution in [0.5, 0.6) is 0 Å². The van der Waals surface area contributed by atoms with Crippen molar-refractivity contribution in [3.8, 4) is 0 Å². The van der Waals surface area contributed by atoms with Crippen molar-refractivity contribution in [2.75, 3.05) is 31.1 Å². The second-order valence-electron chi connectivity index (χ2n) is 3.98. The molecule has 1 rings (SSSR count). The van der Waals surface area contributed by atoms with Gasteiger partial charge in [0.1, 0.15) is 5.69 Å². The van der Waals surface area contributed by atoms with Crippen LogP contribution in [-0.2, 0) is 6.18 Å². The Hall–Kier alpha value is -0.950. The van der Waals surface area contributed by atoms with Crippen molar-refractivity contribution in [1.29, 1.82) is 0 Å². The zero-order chi connectivity index (χ0) is 14.5. The van der Waals surface area contributed by atoms with Gasteiger partial charge in [0, 0.05) is 17.2 Å². The Balaban J connectivity index is 2.67. The summed E-state index contributed by atoms with van der Waals surface area (Å²) in [5.74, 6) is 0.702. The lowest BCUT2D eigenvalue weighted by atomic mass is 10.3. The third-order valence-electron chi connectivity index (χ3n) is 2.74. The molecule has 0 aliphatic heterocycles. The van der Waals surface area contributed by atoms with E-state index in [1.165, 1.54) is 11.8 Å². The molecule has 3 nitrogen and oxygen atoms in total. The average Bonchev–Trinajstić information content (AvgIpc) is 2.35.